The lowest BCUT2D eigenvalue weighted by Gasteiger charge is -2.09. The molecule has 2 N–H and O–H groups in total. The highest BCUT2D eigenvalue weighted by Gasteiger charge is 2.05. The molecular formula is C14H12BrIN2O. The summed E-state index contributed by atoms with van der Waals surface area (Å²) in [4.78, 5) is 11.8. The number of urea groups is 1. The van der Waals surface area contributed by atoms with Gasteiger partial charge >= 0.3 is 6.03 Å². The molecule has 0 fully saturated rings. The molecule has 0 saturated heterocycles. The Morgan fingerprint density at radius 1 is 1.16 bits per heavy atom. The number of benzene rings is 2. The summed E-state index contributed by atoms with van der Waals surface area (Å²) in [5, 5.41) is 5.64. The van der Waals surface area contributed by atoms with Gasteiger partial charge in [-0.15, -0.1) is 0 Å². The largest absolute Gasteiger partial charge is 0.334 e. The van der Waals surface area contributed by atoms with Crippen molar-refractivity contribution in [1.29, 1.82) is 0 Å². The SMILES string of the molecule is O=C(NCc1ccccc1)Nc1cc(I)ccc1Br. The Labute approximate surface area is 134 Å². The van der Waals surface area contributed by atoms with Crippen molar-refractivity contribution in [3.05, 3.63) is 62.1 Å². The van der Waals surface area contributed by atoms with Crippen LogP contribution in [0.15, 0.2) is 53.0 Å². The summed E-state index contributed by atoms with van der Waals surface area (Å²) in [6.45, 7) is 0.508. The second-order valence-corrected chi connectivity index (χ2v) is 6.02. The fourth-order valence-corrected chi connectivity index (χ4v) is 2.37. The molecule has 2 aromatic carbocycles. The first kappa shape index (κ1) is 14.3. The molecule has 0 radical (unpaired) electrons. The Kier molecular flexibility index (Phi) is 5.21. The number of rotatable bonds is 3. The van der Waals surface area contributed by atoms with Gasteiger partial charge in [0, 0.05) is 14.6 Å². The van der Waals surface area contributed by atoms with Crippen LogP contribution in [0, 0.1) is 3.57 Å². The van der Waals surface area contributed by atoms with E-state index in [0.717, 1.165) is 19.3 Å². The van der Waals surface area contributed by atoms with Crippen molar-refractivity contribution in [1.82, 2.24) is 5.32 Å². The van der Waals surface area contributed by atoms with Crippen LogP contribution >= 0.6 is 38.5 Å². The minimum Gasteiger partial charge on any atom is -0.334 e. The lowest BCUT2D eigenvalue weighted by atomic mass is 10.2. The van der Waals surface area contributed by atoms with E-state index in [2.05, 4.69) is 49.2 Å². The molecule has 0 heterocycles. The van der Waals surface area contributed by atoms with Gasteiger partial charge in [-0.25, -0.2) is 4.79 Å². The summed E-state index contributed by atoms with van der Waals surface area (Å²) in [6, 6.07) is 15.4. The van der Waals surface area contributed by atoms with E-state index in [0.29, 0.717) is 6.54 Å². The predicted octanol–water partition coefficient (Wildman–Crippen LogP) is 4.38. The zero-order chi connectivity index (χ0) is 13.7. The number of hydrogen-bond donors (Lipinski definition) is 2. The van der Waals surface area contributed by atoms with Gasteiger partial charge in [-0.05, 0) is 62.3 Å². The molecule has 2 aromatic rings. The zero-order valence-electron chi connectivity index (χ0n) is 9.99. The second-order valence-electron chi connectivity index (χ2n) is 3.92. The molecule has 98 valence electrons. The summed E-state index contributed by atoms with van der Waals surface area (Å²) in [7, 11) is 0. The molecule has 0 bridgehead atoms. The fraction of sp³-hybridized carbons (Fsp3) is 0.0714. The molecule has 0 aromatic heterocycles. The van der Waals surface area contributed by atoms with Gasteiger partial charge in [-0.1, -0.05) is 30.3 Å². The molecule has 0 aliphatic carbocycles. The molecule has 19 heavy (non-hydrogen) atoms. The number of carbonyl (C=O) groups excluding carboxylic acids is 1. The van der Waals surface area contributed by atoms with Gasteiger partial charge in [-0.3, -0.25) is 0 Å². The van der Waals surface area contributed by atoms with E-state index in [-0.39, 0.29) is 6.03 Å². The molecule has 0 saturated carbocycles. The lowest BCUT2D eigenvalue weighted by molar-refractivity contribution is 0.251. The van der Waals surface area contributed by atoms with Crippen molar-refractivity contribution in [3.8, 4) is 0 Å². The summed E-state index contributed by atoms with van der Waals surface area (Å²) in [6.07, 6.45) is 0. The number of halogens is 2. The number of hydrogen-bond acceptors (Lipinski definition) is 1. The van der Waals surface area contributed by atoms with Crippen LogP contribution in [0.25, 0.3) is 0 Å². The molecule has 0 aliphatic rings. The monoisotopic (exact) mass is 430 g/mol. The van der Waals surface area contributed by atoms with Crippen LogP contribution in [0.1, 0.15) is 5.56 Å². The van der Waals surface area contributed by atoms with E-state index in [1.807, 2.05) is 48.5 Å². The van der Waals surface area contributed by atoms with E-state index in [4.69, 9.17) is 0 Å². The van der Waals surface area contributed by atoms with E-state index >= 15 is 0 Å². The van der Waals surface area contributed by atoms with Crippen LogP contribution in [0.3, 0.4) is 0 Å². The first-order chi connectivity index (χ1) is 9.15. The third kappa shape index (κ3) is 4.50. The molecule has 0 unspecified atom stereocenters. The van der Waals surface area contributed by atoms with Crippen LogP contribution in [0.5, 0.6) is 0 Å². The first-order valence-corrected chi connectivity index (χ1v) is 7.56. The normalized spacial score (nSPS) is 10.0. The Bertz CT molecular complexity index is 575. The Morgan fingerprint density at radius 3 is 2.63 bits per heavy atom. The molecule has 0 spiro atoms. The number of nitrogens with one attached hydrogen (secondary N) is 2. The van der Waals surface area contributed by atoms with E-state index in [1.165, 1.54) is 0 Å². The first-order valence-electron chi connectivity index (χ1n) is 5.69. The van der Waals surface area contributed by atoms with Gasteiger partial charge in [-0.2, -0.15) is 0 Å². The average molecular weight is 431 g/mol. The zero-order valence-corrected chi connectivity index (χ0v) is 13.7. The summed E-state index contributed by atoms with van der Waals surface area (Å²) < 4.78 is 1.93. The van der Waals surface area contributed by atoms with Crippen molar-refractivity contribution in [2.75, 3.05) is 5.32 Å². The minimum absolute atomic E-state index is 0.216. The maximum Gasteiger partial charge on any atom is 0.319 e. The van der Waals surface area contributed by atoms with Crippen LogP contribution in [-0.2, 0) is 6.54 Å². The predicted molar refractivity (Wildman–Crippen MR) is 89.2 cm³/mol. The van der Waals surface area contributed by atoms with Crippen molar-refractivity contribution >= 4 is 50.2 Å². The third-order valence-electron chi connectivity index (χ3n) is 2.47. The van der Waals surface area contributed by atoms with Gasteiger partial charge in [0.05, 0.1) is 5.69 Å². The van der Waals surface area contributed by atoms with E-state index < -0.39 is 0 Å². The number of anilines is 1. The van der Waals surface area contributed by atoms with Crippen molar-refractivity contribution in [2.45, 2.75) is 6.54 Å². The highest BCUT2D eigenvalue weighted by atomic mass is 127. The number of carbonyl (C=O) groups is 1. The van der Waals surface area contributed by atoms with Gasteiger partial charge in [0.15, 0.2) is 0 Å². The lowest BCUT2D eigenvalue weighted by Crippen LogP contribution is -2.28. The van der Waals surface area contributed by atoms with Crippen LogP contribution in [0.4, 0.5) is 10.5 Å². The van der Waals surface area contributed by atoms with Gasteiger partial charge in [0.1, 0.15) is 0 Å². The summed E-state index contributed by atoms with van der Waals surface area (Å²) >= 11 is 5.62. The van der Waals surface area contributed by atoms with Crippen molar-refractivity contribution in [2.24, 2.45) is 0 Å². The standard InChI is InChI=1S/C14H12BrIN2O/c15-12-7-6-11(16)8-13(12)18-14(19)17-9-10-4-2-1-3-5-10/h1-8H,9H2,(H2,17,18,19). The Hall–Kier alpha value is -1.08. The minimum atomic E-state index is -0.216. The highest BCUT2D eigenvalue weighted by molar-refractivity contribution is 14.1. The maximum absolute atomic E-state index is 11.8. The van der Waals surface area contributed by atoms with Crippen molar-refractivity contribution < 1.29 is 4.79 Å². The fourth-order valence-electron chi connectivity index (χ4n) is 1.54. The second kappa shape index (κ2) is 6.91. The molecular weight excluding hydrogens is 419 g/mol. The summed E-state index contributed by atoms with van der Waals surface area (Å²) in [5.74, 6) is 0. The van der Waals surface area contributed by atoms with Crippen LogP contribution in [0.2, 0.25) is 0 Å². The average Bonchev–Trinajstić information content (AvgIpc) is 2.42. The Morgan fingerprint density at radius 2 is 1.89 bits per heavy atom. The number of amides is 2. The quantitative estimate of drug-likeness (QED) is 0.697. The topological polar surface area (TPSA) is 41.1 Å². The van der Waals surface area contributed by atoms with Gasteiger partial charge < -0.3 is 10.6 Å². The van der Waals surface area contributed by atoms with Crippen molar-refractivity contribution in [3.63, 3.8) is 0 Å². The van der Waals surface area contributed by atoms with Crippen LogP contribution in [-0.4, -0.2) is 6.03 Å². The highest BCUT2D eigenvalue weighted by Crippen LogP contribution is 2.24. The van der Waals surface area contributed by atoms with Gasteiger partial charge in [0.2, 0.25) is 0 Å². The van der Waals surface area contributed by atoms with Gasteiger partial charge in [0.25, 0.3) is 0 Å². The smallest absolute Gasteiger partial charge is 0.319 e. The maximum atomic E-state index is 11.8. The Balaban J connectivity index is 1.93. The third-order valence-corrected chi connectivity index (χ3v) is 3.83. The van der Waals surface area contributed by atoms with E-state index in [1.54, 1.807) is 0 Å². The molecule has 5 heteroatoms. The molecule has 2 rings (SSSR count). The molecule has 2 amide bonds. The molecule has 3 nitrogen and oxygen atoms in total. The summed E-state index contributed by atoms with van der Waals surface area (Å²) in [5.41, 5.74) is 1.83. The molecule has 0 aliphatic heterocycles. The van der Waals surface area contributed by atoms with E-state index in [9.17, 15) is 4.79 Å². The molecule has 0 atom stereocenters. The van der Waals surface area contributed by atoms with Crippen LogP contribution < -0.4 is 10.6 Å².